The highest BCUT2D eigenvalue weighted by Gasteiger charge is 2.34. The van der Waals surface area contributed by atoms with Crippen LogP contribution in [-0.2, 0) is 10.0 Å². The van der Waals surface area contributed by atoms with Crippen molar-refractivity contribution in [3.05, 3.63) is 0 Å². The van der Waals surface area contributed by atoms with Gasteiger partial charge in [-0.15, -0.1) is 0 Å². The van der Waals surface area contributed by atoms with E-state index in [2.05, 4.69) is 4.90 Å². The third-order valence-corrected chi connectivity index (χ3v) is 3.64. The van der Waals surface area contributed by atoms with E-state index in [1.807, 2.05) is 7.05 Å². The van der Waals surface area contributed by atoms with Crippen molar-refractivity contribution < 1.29 is 8.42 Å². The van der Waals surface area contributed by atoms with Crippen molar-refractivity contribution in [3.63, 3.8) is 0 Å². The second kappa shape index (κ2) is 3.91. The Balaban J connectivity index is 2.33. The second-order valence-electron chi connectivity index (χ2n) is 3.50. The molecule has 1 heterocycles. The molecule has 0 atom stereocenters. The van der Waals surface area contributed by atoms with E-state index in [1.54, 1.807) is 0 Å². The fourth-order valence-electron chi connectivity index (χ4n) is 1.35. The largest absolute Gasteiger partial charge is 0.329 e. The minimum absolute atomic E-state index is 0.346. The molecule has 1 saturated heterocycles. The van der Waals surface area contributed by atoms with Crippen molar-refractivity contribution in [1.82, 2.24) is 9.21 Å². The van der Waals surface area contributed by atoms with Crippen molar-refractivity contribution in [3.8, 4) is 0 Å². The van der Waals surface area contributed by atoms with E-state index in [0.29, 0.717) is 25.7 Å². The Morgan fingerprint density at radius 2 is 2.08 bits per heavy atom. The zero-order chi connectivity index (χ0) is 10.1. The molecule has 0 amide bonds. The summed E-state index contributed by atoms with van der Waals surface area (Å²) >= 11 is 0. The molecule has 0 spiro atoms. The van der Waals surface area contributed by atoms with Gasteiger partial charge in [0.2, 0.25) is 10.0 Å². The number of nitrogens with two attached hydrogens (primary N) is 1. The minimum atomic E-state index is -2.97. The van der Waals surface area contributed by atoms with Gasteiger partial charge in [0, 0.05) is 32.2 Å². The Kier molecular flexibility index (Phi) is 3.28. The Hall–Kier alpha value is -0.170. The second-order valence-corrected chi connectivity index (χ2v) is 5.49. The van der Waals surface area contributed by atoms with Crippen LogP contribution >= 0.6 is 0 Å². The molecule has 0 radical (unpaired) electrons. The van der Waals surface area contributed by atoms with E-state index >= 15 is 0 Å². The molecule has 78 valence electrons. The van der Waals surface area contributed by atoms with Crippen molar-refractivity contribution in [1.29, 1.82) is 0 Å². The van der Waals surface area contributed by atoms with Gasteiger partial charge in [0.15, 0.2) is 0 Å². The lowest BCUT2D eigenvalue weighted by Gasteiger charge is -2.42. The first-order valence-corrected chi connectivity index (χ1v) is 6.15. The lowest BCUT2D eigenvalue weighted by Crippen LogP contribution is -2.60. The Labute approximate surface area is 79.5 Å². The molecule has 0 aromatic rings. The van der Waals surface area contributed by atoms with Gasteiger partial charge < -0.3 is 5.73 Å². The maximum atomic E-state index is 11.0. The number of hydrogen-bond donors (Lipinski definition) is 1. The molecule has 1 aliphatic heterocycles. The SMILES string of the molecule is CN(CCN)C1CN(S(C)(=O)=O)C1. The van der Waals surface area contributed by atoms with Crippen LogP contribution in [0.25, 0.3) is 0 Å². The van der Waals surface area contributed by atoms with E-state index in [9.17, 15) is 8.42 Å². The summed E-state index contributed by atoms with van der Waals surface area (Å²) in [5.74, 6) is 0. The molecule has 6 heteroatoms. The van der Waals surface area contributed by atoms with E-state index in [0.717, 1.165) is 6.54 Å². The van der Waals surface area contributed by atoms with Crippen LogP contribution in [0.4, 0.5) is 0 Å². The monoisotopic (exact) mass is 207 g/mol. The molecule has 0 unspecified atom stereocenters. The summed E-state index contributed by atoms with van der Waals surface area (Å²) in [6, 6.07) is 0.346. The summed E-state index contributed by atoms with van der Waals surface area (Å²) in [5, 5.41) is 0. The maximum Gasteiger partial charge on any atom is 0.211 e. The van der Waals surface area contributed by atoms with Gasteiger partial charge in [-0.1, -0.05) is 0 Å². The molecule has 0 aliphatic carbocycles. The molecule has 0 aromatic carbocycles. The van der Waals surface area contributed by atoms with E-state index in [4.69, 9.17) is 5.73 Å². The quantitative estimate of drug-likeness (QED) is 0.610. The Morgan fingerprint density at radius 3 is 2.46 bits per heavy atom. The van der Waals surface area contributed by atoms with Crippen LogP contribution in [0, 0.1) is 0 Å². The summed E-state index contributed by atoms with van der Waals surface area (Å²) in [7, 11) is -1.00. The average molecular weight is 207 g/mol. The van der Waals surface area contributed by atoms with Gasteiger partial charge in [0.25, 0.3) is 0 Å². The Morgan fingerprint density at radius 1 is 1.54 bits per heavy atom. The molecule has 1 rings (SSSR count). The normalized spacial score (nSPS) is 20.6. The first kappa shape index (κ1) is 10.9. The maximum absolute atomic E-state index is 11.0. The van der Waals surface area contributed by atoms with Gasteiger partial charge in [0.05, 0.1) is 6.26 Å². The van der Waals surface area contributed by atoms with Crippen molar-refractivity contribution >= 4 is 10.0 Å². The van der Waals surface area contributed by atoms with E-state index < -0.39 is 10.0 Å². The molecular formula is C7H17N3O2S. The number of sulfonamides is 1. The summed E-state index contributed by atoms with van der Waals surface area (Å²) in [4.78, 5) is 2.10. The molecule has 0 saturated carbocycles. The number of nitrogens with zero attached hydrogens (tertiary/aromatic N) is 2. The average Bonchev–Trinajstić information content (AvgIpc) is 1.79. The van der Waals surface area contributed by atoms with Crippen LogP contribution < -0.4 is 5.73 Å². The zero-order valence-electron chi connectivity index (χ0n) is 8.10. The van der Waals surface area contributed by atoms with Gasteiger partial charge >= 0.3 is 0 Å². The van der Waals surface area contributed by atoms with Crippen molar-refractivity contribution in [2.75, 3.05) is 39.5 Å². The van der Waals surface area contributed by atoms with Gasteiger partial charge in [-0.05, 0) is 7.05 Å². The predicted octanol–water partition coefficient (Wildman–Crippen LogP) is -1.48. The molecule has 1 fully saturated rings. The summed E-state index contributed by atoms with van der Waals surface area (Å²) < 4.78 is 23.5. The van der Waals surface area contributed by atoms with Crippen LogP contribution in [0.15, 0.2) is 0 Å². The lowest BCUT2D eigenvalue weighted by molar-refractivity contribution is 0.115. The number of hydrogen-bond acceptors (Lipinski definition) is 4. The van der Waals surface area contributed by atoms with Crippen LogP contribution in [0.2, 0.25) is 0 Å². The van der Waals surface area contributed by atoms with E-state index in [1.165, 1.54) is 10.6 Å². The van der Waals surface area contributed by atoms with Crippen LogP contribution in [0.3, 0.4) is 0 Å². The highest BCUT2D eigenvalue weighted by Crippen LogP contribution is 2.15. The molecule has 0 bridgehead atoms. The fourth-order valence-corrected chi connectivity index (χ4v) is 2.24. The number of rotatable bonds is 4. The molecule has 1 aliphatic rings. The minimum Gasteiger partial charge on any atom is -0.329 e. The topological polar surface area (TPSA) is 66.6 Å². The highest BCUT2D eigenvalue weighted by molar-refractivity contribution is 7.88. The molecular weight excluding hydrogens is 190 g/mol. The molecule has 5 nitrogen and oxygen atoms in total. The lowest BCUT2D eigenvalue weighted by atomic mass is 10.1. The summed E-state index contributed by atoms with van der Waals surface area (Å²) in [5.41, 5.74) is 5.39. The van der Waals surface area contributed by atoms with Gasteiger partial charge in [0.1, 0.15) is 0 Å². The highest BCUT2D eigenvalue weighted by atomic mass is 32.2. The smallest absolute Gasteiger partial charge is 0.211 e. The zero-order valence-corrected chi connectivity index (χ0v) is 8.92. The van der Waals surface area contributed by atoms with Gasteiger partial charge in [-0.2, -0.15) is 4.31 Å². The molecule has 0 aromatic heterocycles. The summed E-state index contributed by atoms with van der Waals surface area (Å²) in [6.45, 7) is 2.65. The third-order valence-electron chi connectivity index (χ3n) is 2.40. The van der Waals surface area contributed by atoms with E-state index in [-0.39, 0.29) is 0 Å². The van der Waals surface area contributed by atoms with Crippen LogP contribution in [0.5, 0.6) is 0 Å². The Bertz CT molecular complexity index is 259. The van der Waals surface area contributed by atoms with Crippen LogP contribution in [-0.4, -0.2) is 63.1 Å². The van der Waals surface area contributed by atoms with Crippen molar-refractivity contribution in [2.45, 2.75) is 6.04 Å². The number of likely N-dealkylation sites (N-methyl/N-ethyl adjacent to an activating group) is 1. The first-order chi connectivity index (χ1) is 5.95. The molecule has 13 heavy (non-hydrogen) atoms. The molecule has 2 N–H and O–H groups in total. The first-order valence-electron chi connectivity index (χ1n) is 4.30. The van der Waals surface area contributed by atoms with Crippen LogP contribution in [0.1, 0.15) is 0 Å². The van der Waals surface area contributed by atoms with Gasteiger partial charge in [-0.25, -0.2) is 8.42 Å². The fraction of sp³-hybridized carbons (Fsp3) is 1.00. The van der Waals surface area contributed by atoms with Gasteiger partial charge in [-0.3, -0.25) is 4.90 Å². The third kappa shape index (κ3) is 2.63. The standard InChI is InChI=1S/C7H17N3O2S/c1-9(4-3-8)7-5-10(6-7)13(2,11)12/h7H,3-6,8H2,1-2H3. The van der Waals surface area contributed by atoms with Crippen molar-refractivity contribution in [2.24, 2.45) is 5.73 Å². The summed E-state index contributed by atoms with van der Waals surface area (Å²) in [6.07, 6.45) is 1.24. The predicted molar refractivity (Wildman–Crippen MR) is 51.9 cm³/mol.